The van der Waals surface area contributed by atoms with Crippen LogP contribution in [0.25, 0.3) is 6.08 Å². The van der Waals surface area contributed by atoms with Gasteiger partial charge in [-0.05, 0) is 42.7 Å². The maximum atomic E-state index is 14.8. The number of thioether (sulfide) groups is 1. The van der Waals surface area contributed by atoms with Crippen LogP contribution >= 0.6 is 11.8 Å². The van der Waals surface area contributed by atoms with Crippen LogP contribution in [0.2, 0.25) is 0 Å². The summed E-state index contributed by atoms with van der Waals surface area (Å²) in [6.45, 7) is 2.77. The summed E-state index contributed by atoms with van der Waals surface area (Å²) < 4.78 is 29.8. The molecule has 1 N–H and O–H groups in total. The minimum Gasteiger partial charge on any atom is -0.382 e. The van der Waals surface area contributed by atoms with E-state index in [1.165, 1.54) is 53.4 Å². The van der Waals surface area contributed by atoms with Crippen molar-refractivity contribution in [1.82, 2.24) is 19.7 Å². The van der Waals surface area contributed by atoms with Crippen LogP contribution in [-0.2, 0) is 16.9 Å². The van der Waals surface area contributed by atoms with Gasteiger partial charge in [0.2, 0.25) is 5.91 Å². The number of benzene rings is 2. The molecule has 1 aliphatic heterocycles. The van der Waals surface area contributed by atoms with E-state index >= 15 is 0 Å². The van der Waals surface area contributed by atoms with Crippen molar-refractivity contribution in [2.45, 2.75) is 42.4 Å². The first-order valence-corrected chi connectivity index (χ1v) is 13.0. The molecular formula is C26H27F2N5O4S. The van der Waals surface area contributed by atoms with Crippen molar-refractivity contribution in [3.05, 3.63) is 94.1 Å². The molecule has 0 saturated carbocycles. The van der Waals surface area contributed by atoms with Gasteiger partial charge in [-0.1, -0.05) is 13.0 Å². The van der Waals surface area contributed by atoms with E-state index in [9.17, 15) is 28.8 Å². The lowest BCUT2D eigenvalue weighted by atomic mass is 9.90. The third kappa shape index (κ3) is 6.43. The van der Waals surface area contributed by atoms with Crippen LogP contribution < -0.4 is 0 Å². The number of nitro benzene ring substituents is 1. The monoisotopic (exact) mass is 543 g/mol. The van der Waals surface area contributed by atoms with Gasteiger partial charge in [0.1, 0.15) is 29.9 Å². The van der Waals surface area contributed by atoms with Crippen molar-refractivity contribution in [1.29, 1.82) is 0 Å². The number of hydrogen-bond acceptors (Lipinski definition) is 7. The number of non-ortho nitro benzene ring substituents is 1. The van der Waals surface area contributed by atoms with Crippen LogP contribution in [0.15, 0.2) is 61.2 Å². The average Bonchev–Trinajstić information content (AvgIpc) is 3.40. The molecule has 3 aromatic rings. The fraction of sp³-hybridized carbons (Fsp3) is 0.346. The summed E-state index contributed by atoms with van der Waals surface area (Å²) in [4.78, 5) is 28.6. The molecule has 2 aromatic carbocycles. The molecule has 12 heteroatoms. The van der Waals surface area contributed by atoms with Crippen molar-refractivity contribution in [2.75, 3.05) is 13.1 Å². The topological polar surface area (TPSA) is 114 Å². The maximum absolute atomic E-state index is 14.8. The van der Waals surface area contributed by atoms with E-state index in [1.54, 1.807) is 30.0 Å². The SMILES string of the molecule is CC(SC1CCN(C(=O)C=Cc2ccc([N+](=O)[O-])cc2)CC1)C(O)(Cn1cncn1)c1ccc(F)cc1F. The summed E-state index contributed by atoms with van der Waals surface area (Å²) in [6, 6.07) is 9.07. The van der Waals surface area contributed by atoms with E-state index in [-0.39, 0.29) is 29.0 Å². The van der Waals surface area contributed by atoms with Gasteiger partial charge in [-0.25, -0.2) is 18.4 Å². The third-order valence-electron chi connectivity index (χ3n) is 6.61. The number of amides is 1. The first-order valence-electron chi connectivity index (χ1n) is 12.0. The van der Waals surface area contributed by atoms with Crippen molar-refractivity contribution in [3.63, 3.8) is 0 Å². The number of hydrogen-bond donors (Lipinski definition) is 1. The number of carbonyl (C=O) groups is 1. The number of piperidine rings is 1. The van der Waals surface area contributed by atoms with Gasteiger partial charge in [0.25, 0.3) is 5.69 Å². The first-order chi connectivity index (χ1) is 18.2. The molecule has 0 aliphatic carbocycles. The second-order valence-corrected chi connectivity index (χ2v) is 10.8. The fourth-order valence-corrected chi connectivity index (χ4v) is 5.92. The van der Waals surface area contributed by atoms with Crippen molar-refractivity contribution in [3.8, 4) is 0 Å². The van der Waals surface area contributed by atoms with Crippen molar-refractivity contribution in [2.24, 2.45) is 0 Å². The number of rotatable bonds is 9. The summed E-state index contributed by atoms with van der Waals surface area (Å²) in [5.41, 5.74) is -1.03. The fourth-order valence-electron chi connectivity index (χ4n) is 4.43. The van der Waals surface area contributed by atoms with Crippen LogP contribution in [0, 0.1) is 21.7 Å². The van der Waals surface area contributed by atoms with Crippen LogP contribution in [0.5, 0.6) is 0 Å². The molecule has 1 aliphatic rings. The lowest BCUT2D eigenvalue weighted by Crippen LogP contribution is -2.44. The summed E-state index contributed by atoms with van der Waals surface area (Å²) in [7, 11) is 0. The Labute approximate surface area is 222 Å². The average molecular weight is 544 g/mol. The number of nitrogens with zero attached hydrogens (tertiary/aromatic N) is 5. The Balaban J connectivity index is 1.38. The van der Waals surface area contributed by atoms with E-state index in [1.807, 2.05) is 0 Å². The quantitative estimate of drug-likeness (QED) is 0.245. The van der Waals surface area contributed by atoms with Crippen LogP contribution in [0.1, 0.15) is 30.9 Å². The minimum atomic E-state index is -1.68. The number of aromatic nitrogens is 3. The van der Waals surface area contributed by atoms with Crippen LogP contribution in [0.4, 0.5) is 14.5 Å². The van der Waals surface area contributed by atoms with E-state index in [4.69, 9.17) is 0 Å². The largest absolute Gasteiger partial charge is 0.382 e. The van der Waals surface area contributed by atoms with E-state index in [0.717, 1.165) is 12.1 Å². The molecule has 0 radical (unpaired) electrons. The van der Waals surface area contributed by atoms with Gasteiger partial charge < -0.3 is 10.0 Å². The Morgan fingerprint density at radius 3 is 2.58 bits per heavy atom. The third-order valence-corrected chi connectivity index (χ3v) is 8.27. The summed E-state index contributed by atoms with van der Waals surface area (Å²) in [5.74, 6) is -1.72. The van der Waals surface area contributed by atoms with Gasteiger partial charge in [0.05, 0.1) is 11.5 Å². The van der Waals surface area contributed by atoms with Crippen LogP contribution in [0.3, 0.4) is 0 Å². The van der Waals surface area contributed by atoms with Gasteiger partial charge in [0, 0.05) is 53.4 Å². The number of halogens is 2. The highest BCUT2D eigenvalue weighted by Crippen LogP contribution is 2.40. The molecule has 0 bridgehead atoms. The summed E-state index contributed by atoms with van der Waals surface area (Å²) in [5, 5.41) is 26.2. The van der Waals surface area contributed by atoms with E-state index in [2.05, 4.69) is 10.1 Å². The summed E-state index contributed by atoms with van der Waals surface area (Å²) >= 11 is 1.50. The number of aliphatic hydroxyl groups is 1. The Kier molecular flexibility index (Phi) is 8.52. The van der Waals surface area contributed by atoms with Crippen LogP contribution in [-0.4, -0.2) is 59.2 Å². The lowest BCUT2D eigenvalue weighted by Gasteiger charge is -2.38. The molecule has 2 unspecified atom stereocenters. The molecule has 4 rings (SSSR count). The van der Waals surface area contributed by atoms with Gasteiger partial charge in [0.15, 0.2) is 0 Å². The Morgan fingerprint density at radius 1 is 1.26 bits per heavy atom. The van der Waals surface area contributed by atoms with Crippen molar-refractivity contribution >= 4 is 29.4 Å². The standard InChI is InChI=1S/C26H27F2N5O4S/c1-18(26(35,15-32-17-29-16-30-32)23-8-5-20(27)14-24(23)28)38-22-10-12-31(13-11-22)25(34)9-4-19-2-6-21(7-3-19)33(36)37/h2-9,14,16-18,22,35H,10-13,15H2,1H3. The van der Waals surface area contributed by atoms with Gasteiger partial charge in [-0.3, -0.25) is 14.9 Å². The number of carbonyl (C=O) groups excluding carboxylic acids is 1. The second-order valence-electron chi connectivity index (χ2n) is 9.13. The Morgan fingerprint density at radius 2 is 1.97 bits per heavy atom. The molecule has 2 atom stereocenters. The molecule has 0 spiro atoms. The molecule has 200 valence electrons. The van der Waals surface area contributed by atoms with Gasteiger partial charge >= 0.3 is 0 Å². The maximum Gasteiger partial charge on any atom is 0.269 e. The predicted octanol–water partition coefficient (Wildman–Crippen LogP) is 4.18. The predicted molar refractivity (Wildman–Crippen MR) is 139 cm³/mol. The normalized spacial score (nSPS) is 16.9. The second kappa shape index (κ2) is 11.8. The zero-order chi connectivity index (χ0) is 27.3. The minimum absolute atomic E-state index is 0.0154. The zero-order valence-electron chi connectivity index (χ0n) is 20.6. The molecular weight excluding hydrogens is 516 g/mol. The molecule has 1 aromatic heterocycles. The highest BCUT2D eigenvalue weighted by atomic mass is 32.2. The Hall–Kier alpha value is -3.64. The molecule has 1 saturated heterocycles. The van der Waals surface area contributed by atoms with E-state index < -0.39 is 27.4 Å². The van der Waals surface area contributed by atoms with Gasteiger partial charge in [-0.15, -0.1) is 0 Å². The number of likely N-dealkylation sites (tertiary alicyclic amines) is 1. The highest BCUT2D eigenvalue weighted by molar-refractivity contribution is 8.00. The first kappa shape index (κ1) is 27.4. The molecule has 2 heterocycles. The molecule has 9 nitrogen and oxygen atoms in total. The zero-order valence-corrected chi connectivity index (χ0v) is 21.4. The van der Waals surface area contributed by atoms with E-state index in [0.29, 0.717) is 31.5 Å². The van der Waals surface area contributed by atoms with Crippen molar-refractivity contribution < 1.29 is 23.6 Å². The molecule has 1 fully saturated rings. The molecule has 38 heavy (non-hydrogen) atoms. The lowest BCUT2D eigenvalue weighted by molar-refractivity contribution is -0.384. The number of nitro groups is 1. The Bertz CT molecular complexity index is 1300. The van der Waals surface area contributed by atoms with Gasteiger partial charge in [-0.2, -0.15) is 16.9 Å². The summed E-state index contributed by atoms with van der Waals surface area (Å²) in [6.07, 6.45) is 7.18. The molecule has 1 amide bonds. The highest BCUT2D eigenvalue weighted by Gasteiger charge is 2.41. The smallest absolute Gasteiger partial charge is 0.269 e.